The Bertz CT molecular complexity index is 606. The average molecular weight is 318 g/mol. The maximum Gasteiger partial charge on any atom is 0.337 e. The van der Waals surface area contributed by atoms with E-state index in [-0.39, 0.29) is 17.9 Å². The minimum atomic E-state index is -0.444. The van der Waals surface area contributed by atoms with Crippen LogP contribution in [0.2, 0.25) is 0 Å². The van der Waals surface area contributed by atoms with Crippen LogP contribution in [0.1, 0.15) is 37.6 Å². The van der Waals surface area contributed by atoms with Gasteiger partial charge >= 0.3 is 5.97 Å². The third-order valence-electron chi connectivity index (χ3n) is 3.27. The van der Waals surface area contributed by atoms with Gasteiger partial charge in [-0.1, -0.05) is 6.92 Å². The van der Waals surface area contributed by atoms with Crippen LogP contribution in [0.25, 0.3) is 0 Å². The molecule has 0 saturated carbocycles. The highest BCUT2D eigenvalue weighted by Gasteiger charge is 2.10. The molecule has 0 aliphatic carbocycles. The number of carbonyl (C=O) groups is 3. The third-order valence-corrected chi connectivity index (χ3v) is 3.27. The molecule has 1 atom stereocenters. The number of hydrogen-bond acceptors (Lipinski definition) is 4. The predicted octanol–water partition coefficient (Wildman–Crippen LogP) is 2.27. The predicted molar refractivity (Wildman–Crippen MR) is 88.1 cm³/mol. The lowest BCUT2D eigenvalue weighted by atomic mass is 10.2. The van der Waals surface area contributed by atoms with Crippen LogP contribution in [0.5, 0.6) is 0 Å². The van der Waals surface area contributed by atoms with Gasteiger partial charge in [0.05, 0.1) is 12.7 Å². The second-order valence-corrected chi connectivity index (χ2v) is 5.17. The van der Waals surface area contributed by atoms with Gasteiger partial charge in [0, 0.05) is 23.4 Å². The van der Waals surface area contributed by atoms with E-state index < -0.39 is 5.97 Å². The van der Waals surface area contributed by atoms with E-state index >= 15 is 0 Å². The highest BCUT2D eigenvalue weighted by atomic mass is 16.5. The normalized spacial score (nSPS) is 12.3. The van der Waals surface area contributed by atoms with E-state index in [1.54, 1.807) is 31.2 Å². The van der Waals surface area contributed by atoms with Gasteiger partial charge in [0.15, 0.2) is 0 Å². The van der Waals surface area contributed by atoms with Crippen molar-refractivity contribution >= 4 is 23.5 Å². The molecule has 0 spiro atoms. The Labute approximate surface area is 135 Å². The summed E-state index contributed by atoms with van der Waals surface area (Å²) in [5.41, 5.74) is 1.21. The molecule has 0 bridgehead atoms. The monoisotopic (exact) mass is 318 g/mol. The Morgan fingerprint density at radius 3 is 2.35 bits per heavy atom. The summed E-state index contributed by atoms with van der Waals surface area (Å²) in [4.78, 5) is 35.1. The van der Waals surface area contributed by atoms with Crippen molar-refractivity contribution in [3.05, 3.63) is 41.5 Å². The zero-order valence-electron chi connectivity index (χ0n) is 13.8. The molecule has 124 valence electrons. The molecule has 2 N–H and O–H groups in total. The Kier molecular flexibility index (Phi) is 6.99. The quantitative estimate of drug-likeness (QED) is 0.622. The number of nitrogens with one attached hydrogen (secondary N) is 2. The molecule has 2 amide bonds. The molecule has 6 heteroatoms. The largest absolute Gasteiger partial charge is 0.465 e. The number of anilines is 1. The maximum absolute atomic E-state index is 12.0. The molecular weight excluding hydrogens is 296 g/mol. The number of esters is 1. The molecule has 23 heavy (non-hydrogen) atoms. The van der Waals surface area contributed by atoms with Gasteiger partial charge in [-0.25, -0.2) is 4.79 Å². The summed E-state index contributed by atoms with van der Waals surface area (Å²) < 4.78 is 4.60. The van der Waals surface area contributed by atoms with Crippen molar-refractivity contribution < 1.29 is 19.1 Å². The van der Waals surface area contributed by atoms with Crippen molar-refractivity contribution in [2.24, 2.45) is 0 Å². The van der Waals surface area contributed by atoms with Crippen molar-refractivity contribution in [2.75, 3.05) is 12.4 Å². The van der Waals surface area contributed by atoms with Gasteiger partial charge in [-0.15, -0.1) is 0 Å². The molecular formula is C17H22N2O4. The fourth-order valence-corrected chi connectivity index (χ4v) is 1.69. The van der Waals surface area contributed by atoms with Crippen molar-refractivity contribution in [3.63, 3.8) is 0 Å². The first-order valence-electron chi connectivity index (χ1n) is 7.35. The molecule has 0 fully saturated rings. The summed E-state index contributed by atoms with van der Waals surface area (Å²) in [7, 11) is 1.30. The molecule has 1 unspecified atom stereocenters. The van der Waals surface area contributed by atoms with Crippen molar-refractivity contribution in [1.29, 1.82) is 0 Å². The second kappa shape index (κ2) is 8.73. The van der Waals surface area contributed by atoms with Crippen molar-refractivity contribution in [2.45, 2.75) is 33.2 Å². The lowest BCUT2D eigenvalue weighted by Crippen LogP contribution is -2.31. The number of amides is 2. The van der Waals surface area contributed by atoms with Crippen LogP contribution < -0.4 is 10.6 Å². The number of hydrogen-bond donors (Lipinski definition) is 2. The van der Waals surface area contributed by atoms with E-state index in [4.69, 9.17) is 0 Å². The summed E-state index contributed by atoms with van der Waals surface area (Å²) in [6, 6.07) is 6.35. The Balaban J connectivity index is 2.67. The van der Waals surface area contributed by atoms with Gasteiger partial charge in [-0.2, -0.15) is 0 Å². The molecule has 0 saturated heterocycles. The average Bonchev–Trinajstić information content (AvgIpc) is 2.54. The number of ether oxygens (including phenoxy) is 1. The summed E-state index contributed by atoms with van der Waals surface area (Å²) in [6.07, 6.45) is 2.08. The van der Waals surface area contributed by atoms with Crippen molar-refractivity contribution in [3.8, 4) is 0 Å². The zero-order valence-corrected chi connectivity index (χ0v) is 13.8. The fourth-order valence-electron chi connectivity index (χ4n) is 1.69. The summed E-state index contributed by atoms with van der Waals surface area (Å²) >= 11 is 0. The molecule has 1 rings (SSSR count). The van der Waals surface area contributed by atoms with Gasteiger partial charge in [-0.05, 0) is 44.5 Å². The fraction of sp³-hybridized carbons (Fsp3) is 0.353. The first kappa shape index (κ1) is 18.4. The zero-order chi connectivity index (χ0) is 17.4. The second-order valence-electron chi connectivity index (χ2n) is 5.17. The molecule has 0 aromatic heterocycles. The van der Waals surface area contributed by atoms with Crippen LogP contribution in [0.15, 0.2) is 35.9 Å². The third kappa shape index (κ3) is 5.94. The Morgan fingerprint density at radius 1 is 1.22 bits per heavy atom. The van der Waals surface area contributed by atoms with Gasteiger partial charge < -0.3 is 15.4 Å². The van der Waals surface area contributed by atoms with Crippen LogP contribution in [0.3, 0.4) is 0 Å². The van der Waals surface area contributed by atoms with E-state index in [2.05, 4.69) is 15.4 Å². The molecule has 1 aromatic rings. The summed E-state index contributed by atoms with van der Waals surface area (Å²) in [5, 5.41) is 5.42. The van der Waals surface area contributed by atoms with E-state index in [9.17, 15) is 14.4 Å². The summed E-state index contributed by atoms with van der Waals surface area (Å²) in [6.45, 7) is 5.42. The SMILES string of the molecule is CCC(C)NC(=O)/C=C(\C)C(=O)Nc1ccc(C(=O)OC)cc1. The standard InChI is InChI=1S/C17H22N2O4/c1-5-12(3)18-15(20)10-11(2)16(21)19-14-8-6-13(7-9-14)17(22)23-4/h6-10,12H,5H2,1-4H3,(H,18,20)(H,19,21)/b11-10+. The van der Waals surface area contributed by atoms with Gasteiger partial charge in [0.1, 0.15) is 0 Å². The van der Waals surface area contributed by atoms with E-state index in [1.165, 1.54) is 13.2 Å². The van der Waals surface area contributed by atoms with E-state index in [0.717, 1.165) is 6.42 Å². The Morgan fingerprint density at radius 2 is 1.83 bits per heavy atom. The smallest absolute Gasteiger partial charge is 0.337 e. The van der Waals surface area contributed by atoms with Gasteiger partial charge in [-0.3, -0.25) is 9.59 Å². The first-order valence-corrected chi connectivity index (χ1v) is 7.35. The van der Waals surface area contributed by atoms with E-state index in [1.807, 2.05) is 13.8 Å². The molecule has 1 aromatic carbocycles. The van der Waals surface area contributed by atoms with Crippen LogP contribution in [-0.4, -0.2) is 30.9 Å². The lowest BCUT2D eigenvalue weighted by molar-refractivity contribution is -0.118. The van der Waals surface area contributed by atoms with Crippen molar-refractivity contribution in [1.82, 2.24) is 5.32 Å². The van der Waals surface area contributed by atoms with Crippen LogP contribution in [0.4, 0.5) is 5.69 Å². The topological polar surface area (TPSA) is 84.5 Å². The van der Waals surface area contributed by atoms with Gasteiger partial charge in [0.2, 0.25) is 5.91 Å². The lowest BCUT2D eigenvalue weighted by Gasteiger charge is -2.10. The minimum Gasteiger partial charge on any atom is -0.465 e. The van der Waals surface area contributed by atoms with Crippen LogP contribution in [0, 0.1) is 0 Å². The molecule has 6 nitrogen and oxygen atoms in total. The van der Waals surface area contributed by atoms with Gasteiger partial charge in [0.25, 0.3) is 5.91 Å². The molecule has 0 aliphatic heterocycles. The molecule has 0 radical (unpaired) electrons. The van der Waals surface area contributed by atoms with Crippen LogP contribution >= 0.6 is 0 Å². The minimum absolute atomic E-state index is 0.0560. The number of rotatable bonds is 6. The Hall–Kier alpha value is -2.63. The van der Waals surface area contributed by atoms with E-state index in [0.29, 0.717) is 16.8 Å². The number of carbonyl (C=O) groups excluding carboxylic acids is 3. The van der Waals surface area contributed by atoms with Crippen LogP contribution in [-0.2, 0) is 14.3 Å². The molecule has 0 heterocycles. The highest BCUT2D eigenvalue weighted by molar-refractivity contribution is 6.07. The maximum atomic E-state index is 12.0. The molecule has 0 aliphatic rings. The summed E-state index contributed by atoms with van der Waals surface area (Å²) in [5.74, 6) is -1.12. The number of methoxy groups -OCH3 is 1. The highest BCUT2D eigenvalue weighted by Crippen LogP contribution is 2.11. The first-order chi connectivity index (χ1) is 10.9. The number of benzene rings is 1.